The summed E-state index contributed by atoms with van der Waals surface area (Å²) < 4.78 is 16.4. The van der Waals surface area contributed by atoms with Crippen molar-refractivity contribution in [3.63, 3.8) is 0 Å². The SMILES string of the molecule is CCCCOC(=O)OCC(CCC(C)C)(COC(=O)c1ccc(CCCC)cc1)C(C)C. The van der Waals surface area contributed by atoms with E-state index in [-0.39, 0.29) is 25.1 Å². The molecule has 0 aromatic heterocycles. The van der Waals surface area contributed by atoms with E-state index in [1.54, 1.807) is 0 Å². The molecule has 32 heavy (non-hydrogen) atoms. The lowest BCUT2D eigenvalue weighted by Gasteiger charge is -2.37. The van der Waals surface area contributed by atoms with Gasteiger partial charge in [-0.1, -0.05) is 72.9 Å². The van der Waals surface area contributed by atoms with Crippen molar-refractivity contribution >= 4 is 12.1 Å². The molecule has 0 bridgehead atoms. The van der Waals surface area contributed by atoms with Crippen molar-refractivity contribution < 1.29 is 23.8 Å². The quantitative estimate of drug-likeness (QED) is 0.209. The topological polar surface area (TPSA) is 61.8 Å². The number of carbonyl (C=O) groups is 2. The molecule has 1 rings (SSSR count). The summed E-state index contributed by atoms with van der Waals surface area (Å²) in [5.74, 6) is 0.317. The van der Waals surface area contributed by atoms with Crippen LogP contribution in [0.3, 0.4) is 0 Å². The first-order valence-electron chi connectivity index (χ1n) is 12.3. The van der Waals surface area contributed by atoms with Gasteiger partial charge in [0.1, 0.15) is 13.2 Å². The van der Waals surface area contributed by atoms with E-state index in [1.165, 1.54) is 5.56 Å². The summed E-state index contributed by atoms with van der Waals surface area (Å²) >= 11 is 0. The Morgan fingerprint density at radius 1 is 0.875 bits per heavy atom. The zero-order valence-electron chi connectivity index (χ0n) is 21.1. The fourth-order valence-corrected chi connectivity index (χ4v) is 3.41. The van der Waals surface area contributed by atoms with E-state index in [0.717, 1.165) is 44.9 Å². The molecule has 0 aliphatic heterocycles. The maximum atomic E-state index is 12.7. The van der Waals surface area contributed by atoms with Crippen molar-refractivity contribution in [2.45, 2.75) is 86.5 Å². The Morgan fingerprint density at radius 2 is 1.50 bits per heavy atom. The van der Waals surface area contributed by atoms with Crippen molar-refractivity contribution in [1.29, 1.82) is 0 Å². The first kappa shape index (κ1) is 28.0. The molecule has 1 aromatic rings. The van der Waals surface area contributed by atoms with Crippen LogP contribution in [-0.4, -0.2) is 31.9 Å². The molecular formula is C27H44O5. The molecule has 0 spiro atoms. The summed E-state index contributed by atoms with van der Waals surface area (Å²) in [7, 11) is 0. The number of unbranched alkanes of at least 4 members (excludes halogenated alkanes) is 2. The van der Waals surface area contributed by atoms with E-state index in [9.17, 15) is 9.59 Å². The van der Waals surface area contributed by atoms with Crippen LogP contribution in [0.25, 0.3) is 0 Å². The summed E-state index contributed by atoms with van der Waals surface area (Å²) in [4.78, 5) is 24.8. The average molecular weight is 449 g/mol. The number of ether oxygens (including phenoxy) is 3. The maximum Gasteiger partial charge on any atom is 0.508 e. The van der Waals surface area contributed by atoms with Crippen LogP contribution >= 0.6 is 0 Å². The molecule has 0 fully saturated rings. The molecule has 5 heteroatoms. The molecule has 0 radical (unpaired) electrons. The maximum absolute atomic E-state index is 12.7. The van der Waals surface area contributed by atoms with Gasteiger partial charge in [-0.05, 0) is 55.2 Å². The Kier molecular flexibility index (Phi) is 13.0. The molecule has 0 saturated heterocycles. The second kappa shape index (κ2) is 14.9. The molecule has 1 aromatic carbocycles. The first-order valence-corrected chi connectivity index (χ1v) is 12.3. The van der Waals surface area contributed by atoms with Gasteiger partial charge in [-0.15, -0.1) is 0 Å². The summed E-state index contributed by atoms with van der Waals surface area (Å²) in [6, 6.07) is 7.66. The lowest BCUT2D eigenvalue weighted by atomic mass is 9.74. The van der Waals surface area contributed by atoms with Gasteiger partial charge in [0.2, 0.25) is 0 Å². The summed E-state index contributed by atoms with van der Waals surface area (Å²) in [6.45, 7) is 13.4. The molecular weight excluding hydrogens is 404 g/mol. The van der Waals surface area contributed by atoms with Gasteiger partial charge < -0.3 is 14.2 Å². The van der Waals surface area contributed by atoms with E-state index in [4.69, 9.17) is 14.2 Å². The zero-order chi connectivity index (χ0) is 24.0. The third kappa shape index (κ3) is 10.1. The minimum atomic E-state index is -0.651. The number of carbonyl (C=O) groups excluding carboxylic acids is 2. The van der Waals surface area contributed by atoms with Crippen LogP contribution in [0.2, 0.25) is 0 Å². The molecule has 0 heterocycles. The highest BCUT2D eigenvalue weighted by Gasteiger charge is 2.37. The number of benzene rings is 1. The molecule has 0 saturated carbocycles. The van der Waals surface area contributed by atoms with E-state index in [2.05, 4.69) is 34.6 Å². The molecule has 0 aliphatic carbocycles. The molecule has 0 aliphatic rings. The first-order chi connectivity index (χ1) is 15.2. The van der Waals surface area contributed by atoms with Gasteiger partial charge >= 0.3 is 12.1 Å². The van der Waals surface area contributed by atoms with Crippen molar-refractivity contribution in [1.82, 2.24) is 0 Å². The predicted molar refractivity (Wildman–Crippen MR) is 129 cm³/mol. The normalized spacial score (nSPS) is 13.1. The van der Waals surface area contributed by atoms with Gasteiger partial charge in [0.05, 0.1) is 12.2 Å². The Labute approximate surface area is 195 Å². The Balaban J connectivity index is 2.82. The second-order valence-corrected chi connectivity index (χ2v) is 9.57. The Hall–Kier alpha value is -2.04. The average Bonchev–Trinajstić information content (AvgIpc) is 2.77. The molecule has 1 unspecified atom stereocenters. The number of hydrogen-bond donors (Lipinski definition) is 0. The van der Waals surface area contributed by atoms with Crippen molar-refractivity contribution in [3.8, 4) is 0 Å². The Morgan fingerprint density at radius 3 is 2.06 bits per heavy atom. The molecule has 1 atom stereocenters. The second-order valence-electron chi connectivity index (χ2n) is 9.57. The summed E-state index contributed by atoms with van der Waals surface area (Å²) in [6.07, 6.45) is 6.16. The molecule has 5 nitrogen and oxygen atoms in total. The van der Waals surface area contributed by atoms with Crippen molar-refractivity contribution in [2.24, 2.45) is 17.3 Å². The van der Waals surface area contributed by atoms with Crippen LogP contribution in [0.4, 0.5) is 4.79 Å². The van der Waals surface area contributed by atoms with E-state index >= 15 is 0 Å². The lowest BCUT2D eigenvalue weighted by Crippen LogP contribution is -2.39. The van der Waals surface area contributed by atoms with Gasteiger partial charge in [0.15, 0.2) is 0 Å². The minimum Gasteiger partial charge on any atom is -0.461 e. The van der Waals surface area contributed by atoms with Crippen LogP contribution < -0.4 is 0 Å². The van der Waals surface area contributed by atoms with E-state index in [0.29, 0.717) is 18.1 Å². The summed E-state index contributed by atoms with van der Waals surface area (Å²) in [5, 5.41) is 0. The fraction of sp³-hybridized carbons (Fsp3) is 0.704. The number of hydrogen-bond acceptors (Lipinski definition) is 5. The fourth-order valence-electron chi connectivity index (χ4n) is 3.41. The monoisotopic (exact) mass is 448 g/mol. The highest BCUT2D eigenvalue weighted by atomic mass is 16.7. The van der Waals surface area contributed by atoms with Crippen LogP contribution in [-0.2, 0) is 20.6 Å². The smallest absolute Gasteiger partial charge is 0.461 e. The number of rotatable bonds is 15. The predicted octanol–water partition coefficient (Wildman–Crippen LogP) is 7.22. The largest absolute Gasteiger partial charge is 0.508 e. The van der Waals surface area contributed by atoms with Gasteiger partial charge in [0, 0.05) is 5.41 Å². The van der Waals surface area contributed by atoms with Crippen molar-refractivity contribution in [3.05, 3.63) is 35.4 Å². The van der Waals surface area contributed by atoms with Crippen LogP contribution in [0.1, 0.15) is 96.0 Å². The summed E-state index contributed by atoms with van der Waals surface area (Å²) in [5.41, 5.74) is 1.32. The number of esters is 1. The minimum absolute atomic E-state index is 0.161. The van der Waals surface area contributed by atoms with Crippen molar-refractivity contribution in [2.75, 3.05) is 19.8 Å². The van der Waals surface area contributed by atoms with Gasteiger partial charge in [-0.2, -0.15) is 0 Å². The standard InChI is InChI=1S/C27H44O5/c1-7-9-11-23-12-14-24(15-13-23)25(28)31-19-27(22(5)6,17-16-21(3)4)20-32-26(29)30-18-10-8-2/h12-15,21-22H,7-11,16-20H2,1-6H3. The lowest BCUT2D eigenvalue weighted by molar-refractivity contribution is -0.0382. The third-order valence-electron chi connectivity index (χ3n) is 6.14. The molecule has 182 valence electrons. The van der Waals surface area contributed by atoms with Crippen LogP contribution in [0, 0.1) is 17.3 Å². The van der Waals surface area contributed by atoms with Crippen LogP contribution in [0.5, 0.6) is 0 Å². The van der Waals surface area contributed by atoms with Gasteiger partial charge in [-0.3, -0.25) is 0 Å². The van der Waals surface area contributed by atoms with Gasteiger partial charge in [0.25, 0.3) is 0 Å². The van der Waals surface area contributed by atoms with E-state index in [1.807, 2.05) is 31.2 Å². The molecule has 0 amide bonds. The zero-order valence-corrected chi connectivity index (χ0v) is 21.1. The van der Waals surface area contributed by atoms with Crippen LogP contribution in [0.15, 0.2) is 24.3 Å². The number of aryl methyl sites for hydroxylation is 1. The van der Waals surface area contributed by atoms with E-state index < -0.39 is 11.6 Å². The van der Waals surface area contributed by atoms with Gasteiger partial charge in [-0.25, -0.2) is 9.59 Å². The highest BCUT2D eigenvalue weighted by Crippen LogP contribution is 2.36. The highest BCUT2D eigenvalue weighted by molar-refractivity contribution is 5.89. The molecule has 0 N–H and O–H groups in total. The Bertz CT molecular complexity index is 665. The third-order valence-corrected chi connectivity index (χ3v) is 6.14.